The Kier molecular flexibility index (Phi) is 2.73. The van der Waals surface area contributed by atoms with Crippen LogP contribution in [0.1, 0.15) is 22.5 Å². The number of rotatable bonds is 2. The first-order valence-electron chi connectivity index (χ1n) is 6.05. The van der Waals surface area contributed by atoms with Crippen molar-refractivity contribution in [1.29, 1.82) is 5.26 Å². The van der Waals surface area contributed by atoms with E-state index in [0.29, 0.717) is 11.2 Å². The van der Waals surface area contributed by atoms with Gasteiger partial charge in [-0.2, -0.15) is 5.26 Å². The van der Waals surface area contributed by atoms with Crippen LogP contribution in [0, 0.1) is 18.3 Å². The Bertz CT molecular complexity index is 763. The standard InChI is InChI=1S/C15H12N4/c1-11-2-4-12(5-3-11)8-14-17-18-15-9-13(10-16)6-7-19(14)15/h2-7,9H,8H2,1H3. The summed E-state index contributed by atoms with van der Waals surface area (Å²) in [6.07, 6.45) is 2.57. The predicted molar refractivity (Wildman–Crippen MR) is 71.7 cm³/mol. The highest BCUT2D eigenvalue weighted by atomic mass is 15.2. The van der Waals surface area contributed by atoms with E-state index in [-0.39, 0.29) is 0 Å². The molecular formula is C15H12N4. The summed E-state index contributed by atoms with van der Waals surface area (Å²) in [5.41, 5.74) is 3.75. The highest BCUT2D eigenvalue weighted by Gasteiger charge is 2.06. The molecule has 4 nitrogen and oxygen atoms in total. The van der Waals surface area contributed by atoms with Gasteiger partial charge in [0.15, 0.2) is 5.65 Å². The first-order valence-corrected chi connectivity index (χ1v) is 6.05. The van der Waals surface area contributed by atoms with E-state index in [1.807, 2.05) is 10.6 Å². The summed E-state index contributed by atoms with van der Waals surface area (Å²) in [6.45, 7) is 2.07. The summed E-state index contributed by atoms with van der Waals surface area (Å²) in [5, 5.41) is 17.2. The second-order valence-electron chi connectivity index (χ2n) is 4.53. The van der Waals surface area contributed by atoms with E-state index >= 15 is 0 Å². The molecular weight excluding hydrogens is 236 g/mol. The molecule has 0 aliphatic rings. The lowest BCUT2D eigenvalue weighted by atomic mass is 10.1. The number of aromatic nitrogens is 3. The van der Waals surface area contributed by atoms with Crippen molar-refractivity contribution < 1.29 is 0 Å². The van der Waals surface area contributed by atoms with Crippen molar-refractivity contribution in [1.82, 2.24) is 14.6 Å². The van der Waals surface area contributed by atoms with E-state index < -0.39 is 0 Å². The fourth-order valence-electron chi connectivity index (χ4n) is 2.02. The number of fused-ring (bicyclic) bond motifs is 1. The van der Waals surface area contributed by atoms with Crippen LogP contribution in [0.3, 0.4) is 0 Å². The molecule has 0 amide bonds. The van der Waals surface area contributed by atoms with Crippen molar-refractivity contribution in [3.8, 4) is 6.07 Å². The second kappa shape index (κ2) is 4.54. The molecule has 0 N–H and O–H groups in total. The maximum absolute atomic E-state index is 8.86. The molecule has 0 bridgehead atoms. The number of hydrogen-bond donors (Lipinski definition) is 0. The van der Waals surface area contributed by atoms with Crippen molar-refractivity contribution >= 4 is 5.65 Å². The van der Waals surface area contributed by atoms with Crippen LogP contribution in [0.25, 0.3) is 5.65 Å². The Hall–Kier alpha value is -2.67. The zero-order valence-electron chi connectivity index (χ0n) is 10.5. The smallest absolute Gasteiger partial charge is 0.162 e. The van der Waals surface area contributed by atoms with Crippen LogP contribution < -0.4 is 0 Å². The average molecular weight is 248 g/mol. The minimum absolute atomic E-state index is 0.599. The number of nitriles is 1. The minimum atomic E-state index is 0.599. The SMILES string of the molecule is Cc1ccc(Cc2nnc3cc(C#N)ccn23)cc1. The van der Waals surface area contributed by atoms with Gasteiger partial charge in [0.25, 0.3) is 0 Å². The fourth-order valence-corrected chi connectivity index (χ4v) is 2.02. The molecule has 3 aromatic rings. The summed E-state index contributed by atoms with van der Waals surface area (Å²) in [6, 6.07) is 14.0. The molecule has 0 saturated carbocycles. The van der Waals surface area contributed by atoms with Gasteiger partial charge in [-0.05, 0) is 18.6 Å². The van der Waals surface area contributed by atoms with Crippen molar-refractivity contribution in [2.45, 2.75) is 13.3 Å². The van der Waals surface area contributed by atoms with Gasteiger partial charge in [-0.25, -0.2) is 0 Å². The van der Waals surface area contributed by atoms with E-state index in [0.717, 1.165) is 12.2 Å². The van der Waals surface area contributed by atoms with E-state index in [2.05, 4.69) is 47.5 Å². The van der Waals surface area contributed by atoms with Crippen LogP contribution >= 0.6 is 0 Å². The summed E-state index contributed by atoms with van der Waals surface area (Å²) in [7, 11) is 0. The third-order valence-electron chi connectivity index (χ3n) is 3.09. The second-order valence-corrected chi connectivity index (χ2v) is 4.53. The van der Waals surface area contributed by atoms with Gasteiger partial charge in [0.05, 0.1) is 11.6 Å². The van der Waals surface area contributed by atoms with Crippen LogP contribution in [-0.4, -0.2) is 14.6 Å². The lowest BCUT2D eigenvalue weighted by molar-refractivity contribution is 0.934. The lowest BCUT2D eigenvalue weighted by Crippen LogP contribution is -1.96. The molecule has 92 valence electrons. The van der Waals surface area contributed by atoms with Gasteiger partial charge in [0.2, 0.25) is 0 Å². The van der Waals surface area contributed by atoms with Crippen LogP contribution in [0.2, 0.25) is 0 Å². The molecule has 0 unspecified atom stereocenters. The van der Waals surface area contributed by atoms with Crippen molar-refractivity contribution in [2.24, 2.45) is 0 Å². The molecule has 19 heavy (non-hydrogen) atoms. The van der Waals surface area contributed by atoms with Gasteiger partial charge >= 0.3 is 0 Å². The molecule has 1 aromatic carbocycles. The Labute approximate surface area is 111 Å². The molecule has 0 aliphatic heterocycles. The van der Waals surface area contributed by atoms with E-state index in [4.69, 9.17) is 5.26 Å². The Morgan fingerprint density at radius 1 is 1.16 bits per heavy atom. The summed E-state index contributed by atoms with van der Waals surface area (Å²) >= 11 is 0. The zero-order chi connectivity index (χ0) is 13.2. The van der Waals surface area contributed by atoms with Gasteiger partial charge in [0.1, 0.15) is 5.82 Å². The van der Waals surface area contributed by atoms with Crippen LogP contribution in [0.5, 0.6) is 0 Å². The zero-order valence-corrected chi connectivity index (χ0v) is 10.5. The van der Waals surface area contributed by atoms with E-state index in [1.54, 1.807) is 12.1 Å². The van der Waals surface area contributed by atoms with Crippen LogP contribution in [-0.2, 0) is 6.42 Å². The maximum atomic E-state index is 8.86. The number of pyridine rings is 1. The first kappa shape index (κ1) is 11.4. The number of benzene rings is 1. The van der Waals surface area contributed by atoms with Crippen LogP contribution in [0.15, 0.2) is 42.6 Å². The van der Waals surface area contributed by atoms with E-state index in [1.165, 1.54) is 11.1 Å². The topological polar surface area (TPSA) is 54.0 Å². The van der Waals surface area contributed by atoms with Crippen molar-refractivity contribution in [2.75, 3.05) is 0 Å². The molecule has 0 aliphatic carbocycles. The average Bonchev–Trinajstić information content (AvgIpc) is 2.83. The lowest BCUT2D eigenvalue weighted by Gasteiger charge is -2.01. The highest BCUT2D eigenvalue weighted by Crippen LogP contribution is 2.12. The van der Waals surface area contributed by atoms with Crippen LogP contribution in [0.4, 0.5) is 0 Å². The summed E-state index contributed by atoms with van der Waals surface area (Å²) < 4.78 is 1.92. The van der Waals surface area contributed by atoms with Gasteiger partial charge in [-0.3, -0.25) is 4.40 Å². The largest absolute Gasteiger partial charge is 0.286 e. The van der Waals surface area contributed by atoms with Gasteiger partial charge < -0.3 is 0 Å². The van der Waals surface area contributed by atoms with Crippen molar-refractivity contribution in [3.63, 3.8) is 0 Å². The molecule has 3 rings (SSSR count). The molecule has 0 saturated heterocycles. The number of aryl methyl sites for hydroxylation is 1. The molecule has 2 aromatic heterocycles. The molecule has 2 heterocycles. The summed E-state index contributed by atoms with van der Waals surface area (Å²) in [5.74, 6) is 0.878. The molecule has 4 heteroatoms. The Morgan fingerprint density at radius 3 is 2.68 bits per heavy atom. The molecule has 0 fully saturated rings. The third kappa shape index (κ3) is 2.18. The normalized spacial score (nSPS) is 10.5. The molecule has 0 spiro atoms. The Morgan fingerprint density at radius 2 is 1.95 bits per heavy atom. The molecule has 0 radical (unpaired) electrons. The van der Waals surface area contributed by atoms with Crippen molar-refractivity contribution in [3.05, 3.63) is 65.1 Å². The Balaban J connectivity index is 1.97. The van der Waals surface area contributed by atoms with Gasteiger partial charge in [-0.1, -0.05) is 29.8 Å². The molecule has 0 atom stereocenters. The van der Waals surface area contributed by atoms with E-state index in [9.17, 15) is 0 Å². The summed E-state index contributed by atoms with van der Waals surface area (Å²) in [4.78, 5) is 0. The maximum Gasteiger partial charge on any atom is 0.162 e. The highest BCUT2D eigenvalue weighted by molar-refractivity contribution is 5.45. The quantitative estimate of drug-likeness (QED) is 0.700. The first-order chi connectivity index (χ1) is 9.26. The van der Waals surface area contributed by atoms with Gasteiger partial charge in [0, 0.05) is 18.7 Å². The monoisotopic (exact) mass is 248 g/mol. The number of hydrogen-bond acceptors (Lipinski definition) is 3. The number of nitrogens with zero attached hydrogens (tertiary/aromatic N) is 4. The predicted octanol–water partition coefficient (Wildman–Crippen LogP) is 2.50. The third-order valence-corrected chi connectivity index (χ3v) is 3.09. The fraction of sp³-hybridized carbons (Fsp3) is 0.133. The van der Waals surface area contributed by atoms with Gasteiger partial charge in [-0.15, -0.1) is 10.2 Å². The minimum Gasteiger partial charge on any atom is -0.286 e.